The van der Waals surface area contributed by atoms with Gasteiger partial charge in [0.25, 0.3) is 0 Å². The van der Waals surface area contributed by atoms with Gasteiger partial charge in [-0.3, -0.25) is 4.98 Å². The minimum absolute atomic E-state index is 0.257. The molecule has 3 nitrogen and oxygen atoms in total. The second-order valence-electron chi connectivity index (χ2n) is 4.36. The Bertz CT molecular complexity index is 708. The lowest BCUT2D eigenvalue weighted by Gasteiger charge is -2.02. The van der Waals surface area contributed by atoms with Crippen molar-refractivity contribution in [3.8, 4) is 11.3 Å². The Morgan fingerprint density at radius 2 is 1.75 bits per heavy atom. The van der Waals surface area contributed by atoms with Crippen molar-refractivity contribution in [2.24, 2.45) is 0 Å². The summed E-state index contributed by atoms with van der Waals surface area (Å²) in [5, 5.41) is 0.522. The fourth-order valence-electron chi connectivity index (χ4n) is 2.01. The normalized spacial score (nSPS) is 10.7. The van der Waals surface area contributed by atoms with E-state index in [0.29, 0.717) is 5.13 Å². The average molecular weight is 285 g/mol. The minimum Gasteiger partial charge on any atom is -0.375 e. The van der Waals surface area contributed by atoms with Gasteiger partial charge < -0.3 is 5.73 Å². The fraction of sp³-hybridized carbons (Fsp3) is 0.0667. The molecule has 0 radical (unpaired) electrons. The zero-order valence-electron chi connectivity index (χ0n) is 10.6. The Kier molecular flexibility index (Phi) is 3.43. The summed E-state index contributed by atoms with van der Waals surface area (Å²) in [5.74, 6) is -0.257. The van der Waals surface area contributed by atoms with Crippen molar-refractivity contribution in [3.05, 3.63) is 65.0 Å². The van der Waals surface area contributed by atoms with Crippen LogP contribution in [0.4, 0.5) is 9.52 Å². The molecule has 2 N–H and O–H groups in total. The standard InChI is InChI=1S/C15H12FN3S/c16-12-3-1-11(2-4-12)14-13(20-15(17)19-14)9-10-5-7-18-8-6-10/h1-8H,9H2,(H2,17,19). The van der Waals surface area contributed by atoms with Crippen LogP contribution in [0.25, 0.3) is 11.3 Å². The molecule has 0 atom stereocenters. The maximum Gasteiger partial charge on any atom is 0.180 e. The SMILES string of the molecule is Nc1nc(-c2ccc(F)cc2)c(Cc2ccncc2)s1. The molecule has 1 aromatic carbocycles. The lowest BCUT2D eigenvalue weighted by atomic mass is 10.1. The van der Waals surface area contributed by atoms with Crippen molar-refractivity contribution in [1.29, 1.82) is 0 Å². The number of hydrogen-bond acceptors (Lipinski definition) is 4. The molecule has 100 valence electrons. The van der Waals surface area contributed by atoms with Crippen LogP contribution in [0, 0.1) is 5.82 Å². The Morgan fingerprint density at radius 1 is 1.05 bits per heavy atom. The molecule has 0 aliphatic rings. The van der Waals surface area contributed by atoms with Crippen LogP contribution in [-0.2, 0) is 6.42 Å². The maximum absolute atomic E-state index is 13.0. The minimum atomic E-state index is -0.257. The zero-order chi connectivity index (χ0) is 13.9. The smallest absolute Gasteiger partial charge is 0.180 e. The molecule has 0 fully saturated rings. The van der Waals surface area contributed by atoms with Crippen LogP contribution in [0.2, 0.25) is 0 Å². The lowest BCUT2D eigenvalue weighted by Crippen LogP contribution is -1.89. The summed E-state index contributed by atoms with van der Waals surface area (Å²) in [6.07, 6.45) is 4.26. The van der Waals surface area contributed by atoms with Crippen molar-refractivity contribution in [1.82, 2.24) is 9.97 Å². The Hall–Kier alpha value is -2.27. The summed E-state index contributed by atoms with van der Waals surface area (Å²) in [6, 6.07) is 10.2. The quantitative estimate of drug-likeness (QED) is 0.801. The molecule has 0 aliphatic heterocycles. The van der Waals surface area contributed by atoms with E-state index in [-0.39, 0.29) is 5.82 Å². The van der Waals surface area contributed by atoms with Gasteiger partial charge in [-0.25, -0.2) is 9.37 Å². The number of anilines is 1. The number of aromatic nitrogens is 2. The summed E-state index contributed by atoms with van der Waals surface area (Å²) in [5.41, 5.74) is 8.67. The third-order valence-electron chi connectivity index (χ3n) is 2.95. The van der Waals surface area contributed by atoms with Crippen LogP contribution in [0.5, 0.6) is 0 Å². The van der Waals surface area contributed by atoms with E-state index in [1.54, 1.807) is 24.5 Å². The molecule has 3 rings (SSSR count). The number of hydrogen-bond donors (Lipinski definition) is 1. The van der Waals surface area contributed by atoms with E-state index in [1.165, 1.54) is 23.5 Å². The summed E-state index contributed by atoms with van der Waals surface area (Å²) in [4.78, 5) is 9.44. The van der Waals surface area contributed by atoms with E-state index in [1.807, 2.05) is 12.1 Å². The summed E-state index contributed by atoms with van der Waals surface area (Å²) in [7, 11) is 0. The largest absolute Gasteiger partial charge is 0.375 e. The molecule has 0 unspecified atom stereocenters. The second-order valence-corrected chi connectivity index (χ2v) is 5.48. The van der Waals surface area contributed by atoms with Crippen molar-refractivity contribution in [3.63, 3.8) is 0 Å². The maximum atomic E-state index is 13.0. The van der Waals surface area contributed by atoms with Crippen LogP contribution >= 0.6 is 11.3 Å². The first-order chi connectivity index (χ1) is 9.72. The molecule has 0 aliphatic carbocycles. The fourth-order valence-corrected chi connectivity index (χ4v) is 2.90. The van der Waals surface area contributed by atoms with E-state index < -0.39 is 0 Å². The van der Waals surface area contributed by atoms with E-state index in [9.17, 15) is 4.39 Å². The van der Waals surface area contributed by atoms with Crippen LogP contribution in [0.15, 0.2) is 48.8 Å². The number of rotatable bonds is 3. The van der Waals surface area contributed by atoms with Gasteiger partial charge in [-0.2, -0.15) is 0 Å². The van der Waals surface area contributed by atoms with Gasteiger partial charge in [0, 0.05) is 29.3 Å². The van der Waals surface area contributed by atoms with Crippen LogP contribution < -0.4 is 5.73 Å². The van der Waals surface area contributed by atoms with Gasteiger partial charge in [-0.15, -0.1) is 11.3 Å². The van der Waals surface area contributed by atoms with Crippen LogP contribution in [0.3, 0.4) is 0 Å². The number of halogens is 1. The molecule has 0 amide bonds. The first-order valence-electron chi connectivity index (χ1n) is 6.12. The Balaban J connectivity index is 1.98. The molecular weight excluding hydrogens is 273 g/mol. The molecule has 0 spiro atoms. The van der Waals surface area contributed by atoms with E-state index in [2.05, 4.69) is 9.97 Å². The molecule has 5 heteroatoms. The van der Waals surface area contributed by atoms with Gasteiger partial charge in [0.2, 0.25) is 0 Å². The third-order valence-corrected chi connectivity index (χ3v) is 3.83. The number of benzene rings is 1. The number of thiazole rings is 1. The van der Waals surface area contributed by atoms with Gasteiger partial charge in [0.15, 0.2) is 5.13 Å². The number of nitrogens with two attached hydrogens (primary N) is 1. The molecule has 0 saturated carbocycles. The van der Waals surface area contributed by atoms with Crippen molar-refractivity contribution < 1.29 is 4.39 Å². The van der Waals surface area contributed by atoms with Gasteiger partial charge >= 0.3 is 0 Å². The highest BCUT2D eigenvalue weighted by atomic mass is 32.1. The summed E-state index contributed by atoms with van der Waals surface area (Å²) < 4.78 is 13.0. The third kappa shape index (κ3) is 2.67. The molecular formula is C15H12FN3S. The van der Waals surface area contributed by atoms with Crippen molar-refractivity contribution in [2.75, 3.05) is 5.73 Å². The van der Waals surface area contributed by atoms with Gasteiger partial charge in [-0.1, -0.05) is 0 Å². The van der Waals surface area contributed by atoms with Crippen LogP contribution in [-0.4, -0.2) is 9.97 Å². The van der Waals surface area contributed by atoms with Gasteiger partial charge in [0.05, 0.1) is 5.69 Å². The highest BCUT2D eigenvalue weighted by Gasteiger charge is 2.12. The summed E-state index contributed by atoms with van der Waals surface area (Å²) in [6.45, 7) is 0. The van der Waals surface area contributed by atoms with Gasteiger partial charge in [0.1, 0.15) is 5.82 Å². The number of pyridine rings is 1. The zero-order valence-corrected chi connectivity index (χ0v) is 11.4. The number of nitrogen functional groups attached to an aromatic ring is 1. The average Bonchev–Trinajstić information content (AvgIpc) is 2.81. The molecule has 2 heterocycles. The van der Waals surface area contributed by atoms with Crippen LogP contribution in [0.1, 0.15) is 10.4 Å². The predicted octanol–water partition coefficient (Wildman–Crippen LogP) is 3.52. The summed E-state index contributed by atoms with van der Waals surface area (Å²) >= 11 is 1.46. The highest BCUT2D eigenvalue weighted by molar-refractivity contribution is 7.15. The monoisotopic (exact) mass is 285 g/mol. The first-order valence-corrected chi connectivity index (χ1v) is 6.94. The van der Waals surface area contributed by atoms with Gasteiger partial charge in [-0.05, 0) is 42.0 Å². The first kappa shape index (κ1) is 12.7. The topological polar surface area (TPSA) is 51.8 Å². The Labute approximate surface area is 119 Å². The second kappa shape index (κ2) is 5.38. The highest BCUT2D eigenvalue weighted by Crippen LogP contribution is 2.31. The molecule has 0 bridgehead atoms. The van der Waals surface area contributed by atoms with Crippen molar-refractivity contribution in [2.45, 2.75) is 6.42 Å². The van der Waals surface area contributed by atoms with E-state index in [0.717, 1.165) is 28.1 Å². The number of nitrogens with zero attached hydrogens (tertiary/aromatic N) is 2. The molecule has 0 saturated heterocycles. The lowest BCUT2D eigenvalue weighted by molar-refractivity contribution is 0.628. The molecule has 20 heavy (non-hydrogen) atoms. The van der Waals surface area contributed by atoms with E-state index in [4.69, 9.17) is 5.73 Å². The van der Waals surface area contributed by atoms with Crippen molar-refractivity contribution >= 4 is 16.5 Å². The molecule has 3 aromatic rings. The molecule has 2 aromatic heterocycles. The Morgan fingerprint density at radius 3 is 2.45 bits per heavy atom. The van der Waals surface area contributed by atoms with E-state index >= 15 is 0 Å². The predicted molar refractivity (Wildman–Crippen MR) is 79.0 cm³/mol.